The molecule has 0 bridgehead atoms. The molecule has 4 nitrogen and oxygen atoms in total. The average molecular weight is 317 g/mol. The van der Waals surface area contributed by atoms with Crippen LogP contribution >= 0.6 is 0 Å². The smallest absolute Gasteiger partial charge is 0.132 e. The third kappa shape index (κ3) is 2.86. The van der Waals surface area contributed by atoms with Crippen LogP contribution in [0, 0.1) is 0 Å². The lowest BCUT2D eigenvalue weighted by Crippen LogP contribution is -2.44. The molecule has 5 rings (SSSR count). The van der Waals surface area contributed by atoms with Gasteiger partial charge in [0, 0.05) is 24.0 Å². The summed E-state index contributed by atoms with van der Waals surface area (Å²) in [6, 6.07) is 16.9. The zero-order valence-electron chi connectivity index (χ0n) is 13.2. The molecular weight excluding hydrogens is 298 g/mol. The van der Waals surface area contributed by atoms with Crippen molar-refractivity contribution in [3.05, 3.63) is 90.3 Å². The summed E-state index contributed by atoms with van der Waals surface area (Å²) in [5, 5.41) is 7.21. The van der Waals surface area contributed by atoms with Crippen molar-refractivity contribution in [1.29, 1.82) is 0 Å². The predicted molar refractivity (Wildman–Crippen MR) is 98.1 cm³/mol. The van der Waals surface area contributed by atoms with E-state index in [1.165, 1.54) is 22.5 Å². The summed E-state index contributed by atoms with van der Waals surface area (Å²) in [6.45, 7) is 0. The second-order valence-corrected chi connectivity index (χ2v) is 5.90. The van der Waals surface area contributed by atoms with Crippen molar-refractivity contribution in [2.24, 2.45) is 0 Å². The Bertz CT molecular complexity index is 786. The number of benzene rings is 2. The molecule has 3 aliphatic heterocycles. The SMILES string of the molecule is C1=CC2(Cc3ccccc3N2)Nc2ccccc21.C1=CNOC=C1. The molecule has 1 spiro atoms. The lowest BCUT2D eigenvalue weighted by atomic mass is 9.97. The van der Waals surface area contributed by atoms with Gasteiger partial charge in [-0.15, -0.1) is 0 Å². The summed E-state index contributed by atoms with van der Waals surface area (Å²) >= 11 is 0. The standard InChI is InChI=1S/C16H14N2.C4H5NO/c1-3-7-14-12(5-1)9-10-16(17-14)11-13-6-2-4-8-15(13)18-16;1-2-4-6-5-3-1/h1-10,17-18H,11H2;1-5H. The number of fused-ring (bicyclic) bond motifs is 2. The highest BCUT2D eigenvalue weighted by Gasteiger charge is 2.36. The monoisotopic (exact) mass is 317 g/mol. The molecule has 0 aliphatic carbocycles. The van der Waals surface area contributed by atoms with E-state index in [-0.39, 0.29) is 5.66 Å². The van der Waals surface area contributed by atoms with E-state index in [9.17, 15) is 0 Å². The van der Waals surface area contributed by atoms with Crippen LogP contribution < -0.4 is 16.1 Å². The minimum Gasteiger partial charge on any atom is -0.391 e. The first-order valence-electron chi connectivity index (χ1n) is 8.00. The number of hydrogen-bond donors (Lipinski definition) is 3. The molecule has 3 N–H and O–H groups in total. The molecule has 0 amide bonds. The maximum absolute atomic E-state index is 4.55. The molecule has 0 saturated heterocycles. The Balaban J connectivity index is 0.000000207. The maximum atomic E-state index is 4.55. The summed E-state index contributed by atoms with van der Waals surface area (Å²) in [5.74, 6) is 0. The fraction of sp³-hybridized carbons (Fsp3) is 0.100. The summed E-state index contributed by atoms with van der Waals surface area (Å²) in [5.41, 5.74) is 7.41. The van der Waals surface area contributed by atoms with Crippen LogP contribution in [0.2, 0.25) is 0 Å². The Labute approximate surface area is 141 Å². The Morgan fingerprint density at radius 1 is 0.875 bits per heavy atom. The number of hydrogen-bond acceptors (Lipinski definition) is 4. The average Bonchev–Trinajstić information content (AvgIpc) is 3.01. The van der Waals surface area contributed by atoms with E-state index in [0.29, 0.717) is 0 Å². The van der Waals surface area contributed by atoms with Gasteiger partial charge in [-0.25, -0.2) is 5.48 Å². The molecule has 3 heterocycles. The fourth-order valence-corrected chi connectivity index (χ4v) is 3.09. The number of hydroxylamine groups is 1. The Hall–Kier alpha value is -3.14. The summed E-state index contributed by atoms with van der Waals surface area (Å²) < 4.78 is 0. The van der Waals surface area contributed by atoms with Crippen LogP contribution in [0.3, 0.4) is 0 Å². The third-order valence-corrected chi connectivity index (χ3v) is 4.20. The van der Waals surface area contributed by atoms with Crippen LogP contribution in [-0.2, 0) is 11.3 Å². The predicted octanol–water partition coefficient (Wildman–Crippen LogP) is 4.04. The van der Waals surface area contributed by atoms with Crippen LogP contribution in [0.1, 0.15) is 11.1 Å². The summed E-state index contributed by atoms with van der Waals surface area (Å²) in [4.78, 5) is 4.55. The van der Waals surface area contributed by atoms with Gasteiger partial charge in [0.25, 0.3) is 0 Å². The first-order valence-corrected chi connectivity index (χ1v) is 8.00. The highest BCUT2D eigenvalue weighted by atomic mass is 16.6. The van der Waals surface area contributed by atoms with Gasteiger partial charge in [-0.05, 0) is 41.5 Å². The van der Waals surface area contributed by atoms with Crippen molar-refractivity contribution < 1.29 is 4.84 Å². The van der Waals surface area contributed by atoms with E-state index in [1.54, 1.807) is 18.5 Å². The van der Waals surface area contributed by atoms with Gasteiger partial charge in [-0.2, -0.15) is 0 Å². The summed E-state index contributed by atoms with van der Waals surface area (Å²) in [7, 11) is 0. The first kappa shape index (κ1) is 14.5. The molecule has 1 unspecified atom stereocenters. The molecule has 0 radical (unpaired) electrons. The van der Waals surface area contributed by atoms with Gasteiger partial charge >= 0.3 is 0 Å². The zero-order chi connectivity index (χ0) is 16.2. The van der Waals surface area contributed by atoms with Crippen LogP contribution in [0.4, 0.5) is 11.4 Å². The van der Waals surface area contributed by atoms with Crippen molar-refractivity contribution >= 4 is 17.5 Å². The fourth-order valence-electron chi connectivity index (χ4n) is 3.09. The number of allylic oxidation sites excluding steroid dienone is 2. The molecule has 0 aromatic heterocycles. The van der Waals surface area contributed by atoms with Crippen molar-refractivity contribution in [2.45, 2.75) is 12.1 Å². The Morgan fingerprint density at radius 2 is 1.67 bits per heavy atom. The van der Waals surface area contributed by atoms with Gasteiger partial charge in [0.15, 0.2) is 0 Å². The Kier molecular flexibility index (Phi) is 3.71. The van der Waals surface area contributed by atoms with Gasteiger partial charge in [-0.1, -0.05) is 42.5 Å². The van der Waals surface area contributed by atoms with Crippen LogP contribution in [0.15, 0.2) is 79.2 Å². The van der Waals surface area contributed by atoms with Gasteiger partial charge < -0.3 is 15.5 Å². The van der Waals surface area contributed by atoms with Gasteiger partial charge in [0.1, 0.15) is 11.9 Å². The quantitative estimate of drug-likeness (QED) is 0.686. The molecule has 0 fully saturated rings. The van der Waals surface area contributed by atoms with E-state index >= 15 is 0 Å². The van der Waals surface area contributed by atoms with Crippen LogP contribution in [0.5, 0.6) is 0 Å². The maximum Gasteiger partial charge on any atom is 0.132 e. The second-order valence-electron chi connectivity index (χ2n) is 5.90. The molecule has 0 saturated carbocycles. The highest BCUT2D eigenvalue weighted by molar-refractivity contribution is 5.76. The van der Waals surface area contributed by atoms with Crippen LogP contribution in [-0.4, -0.2) is 5.66 Å². The number of nitrogens with one attached hydrogen (secondary N) is 3. The lowest BCUT2D eigenvalue weighted by molar-refractivity contribution is 0.172. The normalized spacial score (nSPS) is 21.3. The molecule has 2 aromatic carbocycles. The number of rotatable bonds is 0. The molecule has 3 aliphatic rings. The molecule has 2 aromatic rings. The lowest BCUT2D eigenvalue weighted by Gasteiger charge is -2.33. The van der Waals surface area contributed by atoms with Crippen molar-refractivity contribution in [2.75, 3.05) is 10.6 Å². The largest absolute Gasteiger partial charge is 0.391 e. The van der Waals surface area contributed by atoms with Gasteiger partial charge in [0.05, 0.1) is 0 Å². The van der Waals surface area contributed by atoms with Gasteiger partial charge in [0.2, 0.25) is 0 Å². The van der Waals surface area contributed by atoms with E-state index in [0.717, 1.165) is 6.42 Å². The minimum absolute atomic E-state index is 0.155. The van der Waals surface area contributed by atoms with E-state index in [2.05, 4.69) is 81.6 Å². The zero-order valence-corrected chi connectivity index (χ0v) is 13.2. The second kappa shape index (κ2) is 6.16. The van der Waals surface area contributed by atoms with E-state index in [1.807, 2.05) is 6.08 Å². The topological polar surface area (TPSA) is 45.3 Å². The number of para-hydroxylation sites is 2. The Morgan fingerprint density at radius 3 is 2.38 bits per heavy atom. The van der Waals surface area contributed by atoms with Gasteiger partial charge in [-0.3, -0.25) is 0 Å². The molecule has 120 valence electrons. The van der Waals surface area contributed by atoms with E-state index < -0.39 is 0 Å². The molecular formula is C20H19N3O. The molecule has 24 heavy (non-hydrogen) atoms. The minimum atomic E-state index is -0.155. The van der Waals surface area contributed by atoms with E-state index in [4.69, 9.17) is 0 Å². The molecule has 4 heteroatoms. The van der Waals surface area contributed by atoms with Crippen molar-refractivity contribution in [3.8, 4) is 0 Å². The van der Waals surface area contributed by atoms with Crippen molar-refractivity contribution in [3.63, 3.8) is 0 Å². The van der Waals surface area contributed by atoms with Crippen molar-refractivity contribution in [1.82, 2.24) is 5.48 Å². The van der Waals surface area contributed by atoms with Crippen LogP contribution in [0.25, 0.3) is 6.08 Å². The highest BCUT2D eigenvalue weighted by Crippen LogP contribution is 2.37. The third-order valence-electron chi connectivity index (χ3n) is 4.20. The summed E-state index contributed by atoms with van der Waals surface area (Å²) in [6.07, 6.45) is 12.3. The molecule has 1 atom stereocenters. The number of anilines is 2. The first-order chi connectivity index (χ1) is 11.8.